The van der Waals surface area contributed by atoms with Crippen molar-refractivity contribution < 1.29 is 9.84 Å². The van der Waals surface area contributed by atoms with Crippen LogP contribution in [-0.4, -0.2) is 54.5 Å². The fourth-order valence-electron chi connectivity index (χ4n) is 2.02. The number of unbranched alkanes of at least 4 members (excludes halogenated alkanes) is 1. The number of hydrogen-bond donors (Lipinski definition) is 2. The van der Waals surface area contributed by atoms with E-state index < -0.39 is 5.60 Å². The second kappa shape index (κ2) is 6.55. The smallest absolute Gasteiger partial charge is 0.0741 e. The van der Waals surface area contributed by atoms with E-state index in [1.807, 2.05) is 6.92 Å². The summed E-state index contributed by atoms with van der Waals surface area (Å²) in [5, 5.41) is 9.75. The molecule has 0 amide bonds. The quantitative estimate of drug-likeness (QED) is 0.656. The molecule has 1 aliphatic heterocycles. The summed E-state index contributed by atoms with van der Waals surface area (Å²) in [4.78, 5) is 2.46. The van der Waals surface area contributed by atoms with E-state index in [4.69, 9.17) is 10.5 Å². The molecule has 0 radical (unpaired) electrons. The van der Waals surface area contributed by atoms with E-state index in [2.05, 4.69) is 11.8 Å². The Hall–Kier alpha value is -0.160. The summed E-state index contributed by atoms with van der Waals surface area (Å²) in [5.74, 6) is 0. The fraction of sp³-hybridized carbons (Fsp3) is 1.00. The molecule has 3 N–H and O–H groups in total. The first kappa shape index (κ1) is 13.9. The highest BCUT2D eigenvalue weighted by atomic mass is 16.5. The van der Waals surface area contributed by atoms with Crippen LogP contribution in [0.25, 0.3) is 0 Å². The Morgan fingerprint density at radius 3 is 2.88 bits per heavy atom. The van der Waals surface area contributed by atoms with Crippen molar-refractivity contribution in [3.8, 4) is 0 Å². The number of hydrogen-bond acceptors (Lipinski definition) is 4. The lowest BCUT2D eigenvalue weighted by Crippen LogP contribution is -2.44. The summed E-state index contributed by atoms with van der Waals surface area (Å²) in [6.07, 6.45) is 2.96. The number of ether oxygens (including phenoxy) is 1. The summed E-state index contributed by atoms with van der Waals surface area (Å²) in [5.41, 5.74) is 4.79. The molecule has 0 aliphatic carbocycles. The molecule has 1 saturated heterocycles. The number of rotatable bonds is 6. The maximum Gasteiger partial charge on any atom is 0.0741 e. The van der Waals surface area contributed by atoms with E-state index in [9.17, 15) is 5.11 Å². The van der Waals surface area contributed by atoms with E-state index >= 15 is 0 Å². The van der Waals surface area contributed by atoms with Gasteiger partial charge in [-0.05, 0) is 39.7 Å². The third-order valence-corrected chi connectivity index (χ3v) is 3.36. The van der Waals surface area contributed by atoms with Crippen LogP contribution in [0.5, 0.6) is 0 Å². The predicted molar refractivity (Wildman–Crippen MR) is 65.4 cm³/mol. The molecular formula is C12H26N2O2. The first-order chi connectivity index (χ1) is 7.55. The summed E-state index contributed by atoms with van der Waals surface area (Å²) in [6, 6.07) is 0.531. The summed E-state index contributed by atoms with van der Waals surface area (Å²) in [7, 11) is 0. The molecule has 0 spiro atoms. The highest BCUT2D eigenvalue weighted by molar-refractivity contribution is 4.74. The lowest BCUT2D eigenvalue weighted by Gasteiger charge is -2.33. The van der Waals surface area contributed by atoms with E-state index in [1.54, 1.807) is 0 Å². The first-order valence-electron chi connectivity index (χ1n) is 6.29. The van der Waals surface area contributed by atoms with E-state index in [1.165, 1.54) is 0 Å². The Morgan fingerprint density at radius 1 is 1.50 bits per heavy atom. The van der Waals surface area contributed by atoms with Gasteiger partial charge in [-0.3, -0.25) is 4.90 Å². The van der Waals surface area contributed by atoms with Crippen LogP contribution in [0.2, 0.25) is 0 Å². The van der Waals surface area contributed by atoms with Gasteiger partial charge in [0.05, 0.1) is 18.8 Å². The van der Waals surface area contributed by atoms with Gasteiger partial charge in [-0.1, -0.05) is 0 Å². The molecule has 1 fully saturated rings. The Bertz CT molecular complexity index is 197. The molecule has 4 nitrogen and oxygen atoms in total. The molecule has 1 heterocycles. The Kier molecular flexibility index (Phi) is 5.69. The minimum atomic E-state index is -0.684. The van der Waals surface area contributed by atoms with Crippen LogP contribution in [0.3, 0.4) is 0 Å². The van der Waals surface area contributed by atoms with Crippen molar-refractivity contribution in [1.82, 2.24) is 4.90 Å². The summed E-state index contributed by atoms with van der Waals surface area (Å²) in [6.45, 7) is 8.20. The van der Waals surface area contributed by atoms with Gasteiger partial charge in [-0.2, -0.15) is 0 Å². The normalized spacial score (nSPS) is 26.6. The van der Waals surface area contributed by atoms with Crippen LogP contribution in [0.1, 0.15) is 33.1 Å². The van der Waals surface area contributed by atoms with Gasteiger partial charge in [0.25, 0.3) is 0 Å². The van der Waals surface area contributed by atoms with E-state index in [-0.39, 0.29) is 0 Å². The molecule has 1 aliphatic rings. The van der Waals surface area contributed by atoms with Crippen molar-refractivity contribution in [2.24, 2.45) is 5.73 Å². The number of aliphatic hydroxyl groups is 1. The summed E-state index contributed by atoms with van der Waals surface area (Å²) < 4.78 is 5.39. The average Bonchev–Trinajstić information content (AvgIpc) is 2.27. The van der Waals surface area contributed by atoms with Gasteiger partial charge in [0.15, 0.2) is 0 Å². The van der Waals surface area contributed by atoms with Crippen molar-refractivity contribution in [3.63, 3.8) is 0 Å². The Labute approximate surface area is 98.8 Å². The lowest BCUT2D eigenvalue weighted by molar-refractivity contribution is -0.00229. The van der Waals surface area contributed by atoms with Gasteiger partial charge in [0, 0.05) is 19.1 Å². The average molecular weight is 230 g/mol. The SMILES string of the molecule is CC1COCCN1CCCCC(C)(O)CN. The molecule has 2 atom stereocenters. The molecule has 2 unspecified atom stereocenters. The molecule has 0 aromatic heterocycles. The molecule has 0 saturated carbocycles. The fourth-order valence-corrected chi connectivity index (χ4v) is 2.02. The molecule has 96 valence electrons. The molecule has 16 heavy (non-hydrogen) atoms. The Balaban J connectivity index is 2.10. The minimum absolute atomic E-state index is 0.348. The lowest BCUT2D eigenvalue weighted by atomic mass is 9.99. The maximum atomic E-state index is 9.75. The van der Waals surface area contributed by atoms with Gasteiger partial charge in [0.2, 0.25) is 0 Å². The first-order valence-corrected chi connectivity index (χ1v) is 6.29. The van der Waals surface area contributed by atoms with Crippen LogP contribution < -0.4 is 5.73 Å². The zero-order chi connectivity index (χ0) is 12.0. The number of nitrogens with two attached hydrogens (primary N) is 1. The zero-order valence-corrected chi connectivity index (χ0v) is 10.6. The third kappa shape index (κ3) is 4.78. The third-order valence-electron chi connectivity index (χ3n) is 3.36. The topological polar surface area (TPSA) is 58.7 Å². The zero-order valence-electron chi connectivity index (χ0n) is 10.6. The van der Waals surface area contributed by atoms with Crippen molar-refractivity contribution in [2.75, 3.05) is 32.8 Å². The molecule has 0 bridgehead atoms. The standard InChI is InChI=1S/C12H26N2O2/c1-11-9-16-8-7-14(11)6-4-3-5-12(2,15)10-13/h11,15H,3-10,13H2,1-2H3. The van der Waals surface area contributed by atoms with E-state index in [0.717, 1.165) is 45.6 Å². The number of morpholine rings is 1. The van der Waals surface area contributed by atoms with Crippen molar-refractivity contribution in [3.05, 3.63) is 0 Å². The second-order valence-corrected chi connectivity index (χ2v) is 5.12. The maximum absolute atomic E-state index is 9.75. The molecule has 0 aromatic rings. The van der Waals surface area contributed by atoms with Crippen LogP contribution in [0.4, 0.5) is 0 Å². The molecule has 4 heteroatoms. The molecule has 0 aromatic carbocycles. The number of nitrogens with zero attached hydrogens (tertiary/aromatic N) is 1. The predicted octanol–water partition coefficient (Wildman–Crippen LogP) is 0.587. The van der Waals surface area contributed by atoms with Crippen LogP contribution in [0, 0.1) is 0 Å². The van der Waals surface area contributed by atoms with Crippen molar-refractivity contribution >= 4 is 0 Å². The molecule has 1 rings (SSSR count). The highest BCUT2D eigenvalue weighted by Gasteiger charge is 2.20. The van der Waals surface area contributed by atoms with Crippen LogP contribution in [0.15, 0.2) is 0 Å². The van der Waals surface area contributed by atoms with Crippen molar-refractivity contribution in [2.45, 2.75) is 44.8 Å². The van der Waals surface area contributed by atoms with Gasteiger partial charge >= 0.3 is 0 Å². The van der Waals surface area contributed by atoms with Gasteiger partial charge in [-0.15, -0.1) is 0 Å². The van der Waals surface area contributed by atoms with Gasteiger partial charge in [0.1, 0.15) is 0 Å². The highest BCUT2D eigenvalue weighted by Crippen LogP contribution is 2.13. The minimum Gasteiger partial charge on any atom is -0.389 e. The summed E-state index contributed by atoms with van der Waals surface area (Å²) >= 11 is 0. The largest absolute Gasteiger partial charge is 0.389 e. The van der Waals surface area contributed by atoms with Crippen LogP contribution in [-0.2, 0) is 4.74 Å². The second-order valence-electron chi connectivity index (χ2n) is 5.12. The van der Waals surface area contributed by atoms with Gasteiger partial charge in [-0.25, -0.2) is 0 Å². The van der Waals surface area contributed by atoms with Gasteiger partial charge < -0.3 is 15.6 Å². The Morgan fingerprint density at radius 2 is 2.25 bits per heavy atom. The van der Waals surface area contributed by atoms with Crippen LogP contribution >= 0.6 is 0 Å². The van der Waals surface area contributed by atoms with Crippen molar-refractivity contribution in [1.29, 1.82) is 0 Å². The monoisotopic (exact) mass is 230 g/mol. The molecular weight excluding hydrogens is 204 g/mol. The van der Waals surface area contributed by atoms with E-state index in [0.29, 0.717) is 12.6 Å².